The minimum atomic E-state index is -0.359. The Morgan fingerprint density at radius 3 is 2.22 bits per heavy atom. The number of rotatable bonds is 1. The largest absolute Gasteiger partial charge is 0.277 e. The zero-order valence-corrected chi connectivity index (χ0v) is 6.97. The first-order valence-corrected chi connectivity index (χ1v) is 4.68. The van der Waals surface area contributed by atoms with Crippen LogP contribution in [0.1, 0.15) is 6.92 Å². The number of thioether (sulfide) groups is 2. The molecule has 9 heavy (non-hydrogen) atoms. The van der Waals surface area contributed by atoms with Crippen LogP contribution < -0.4 is 0 Å². The van der Waals surface area contributed by atoms with Crippen LogP contribution >= 0.6 is 23.5 Å². The average Bonchev–Trinajstić information content (AvgIpc) is 1.87. The third kappa shape index (κ3) is 3.59. The summed E-state index contributed by atoms with van der Waals surface area (Å²) >= 11 is 2.02. The summed E-state index contributed by atoms with van der Waals surface area (Å²) < 4.78 is 0. The first-order valence-electron chi connectivity index (χ1n) is 2.47. The summed E-state index contributed by atoms with van der Waals surface area (Å²) in [5.74, 6) is 0.672. The Hall–Kier alpha value is 0.0400. The molecule has 0 bridgehead atoms. The molecule has 0 N–H and O–H groups in total. The maximum atomic E-state index is 10.6. The smallest absolute Gasteiger partial charge is 0.266 e. The van der Waals surface area contributed by atoms with Crippen LogP contribution in [-0.4, -0.2) is 22.2 Å². The fourth-order valence-corrected chi connectivity index (χ4v) is 1.25. The molecule has 4 heteroatoms. The molecule has 0 spiro atoms. The maximum absolute atomic E-state index is 10.6. The fourth-order valence-electron chi connectivity index (χ4n) is 0.273. The summed E-state index contributed by atoms with van der Waals surface area (Å²) in [5.41, 5.74) is 0. The van der Waals surface area contributed by atoms with E-state index >= 15 is 0 Å². The Kier molecular flexibility index (Phi) is 4.90. The molecule has 0 amide bonds. The van der Waals surface area contributed by atoms with Crippen LogP contribution in [0.3, 0.4) is 0 Å². The van der Waals surface area contributed by atoms with Gasteiger partial charge in [0.05, 0.1) is 0 Å². The van der Waals surface area contributed by atoms with E-state index in [2.05, 4.69) is 0 Å². The van der Waals surface area contributed by atoms with E-state index in [1.165, 1.54) is 0 Å². The molecule has 0 aliphatic rings. The van der Waals surface area contributed by atoms with Gasteiger partial charge < -0.3 is 0 Å². The molecule has 0 heterocycles. The van der Waals surface area contributed by atoms with Crippen LogP contribution in [0.25, 0.3) is 0 Å². The molecule has 0 radical (unpaired) electrons. The van der Waals surface area contributed by atoms with E-state index in [-0.39, 0.29) is 10.2 Å². The van der Waals surface area contributed by atoms with Gasteiger partial charge in [-0.05, 0) is 12.0 Å². The summed E-state index contributed by atoms with van der Waals surface area (Å²) in [6.07, 6.45) is 1.61. The quantitative estimate of drug-likeness (QED) is 0.545. The first kappa shape index (κ1) is 9.04. The lowest BCUT2D eigenvalue weighted by Gasteiger charge is -1.90. The van der Waals surface area contributed by atoms with E-state index in [1.54, 1.807) is 6.26 Å². The number of hydrogen-bond donors (Lipinski definition) is 0. The van der Waals surface area contributed by atoms with Crippen LogP contribution in [0.15, 0.2) is 0 Å². The van der Waals surface area contributed by atoms with E-state index in [9.17, 15) is 9.59 Å². The van der Waals surface area contributed by atoms with E-state index in [0.29, 0.717) is 5.75 Å². The lowest BCUT2D eigenvalue weighted by Crippen LogP contribution is -2.03. The van der Waals surface area contributed by atoms with Crippen molar-refractivity contribution < 1.29 is 9.59 Å². The molecule has 0 aromatic rings. The van der Waals surface area contributed by atoms with Crippen molar-refractivity contribution in [1.82, 2.24) is 0 Å². The Bertz CT molecular complexity index is 122. The van der Waals surface area contributed by atoms with Gasteiger partial charge >= 0.3 is 0 Å². The second kappa shape index (κ2) is 4.88. The van der Waals surface area contributed by atoms with Gasteiger partial charge in [-0.25, -0.2) is 0 Å². The molecule has 0 aliphatic carbocycles. The van der Waals surface area contributed by atoms with Gasteiger partial charge in [0.15, 0.2) is 0 Å². The molecule has 0 unspecified atom stereocenters. The number of carbonyl (C=O) groups is 2. The average molecular weight is 164 g/mol. The third-order valence-corrected chi connectivity index (χ3v) is 2.05. The molecule has 0 saturated heterocycles. The highest BCUT2D eigenvalue weighted by Gasteiger charge is 2.10. The van der Waals surface area contributed by atoms with Gasteiger partial charge in [-0.2, -0.15) is 0 Å². The molecular weight excluding hydrogens is 156 g/mol. The van der Waals surface area contributed by atoms with Gasteiger partial charge in [0, 0.05) is 0 Å². The van der Waals surface area contributed by atoms with Crippen molar-refractivity contribution in [3.63, 3.8) is 0 Å². The summed E-state index contributed by atoms with van der Waals surface area (Å²) in [6.45, 7) is 1.84. The van der Waals surface area contributed by atoms with E-state index in [4.69, 9.17) is 0 Å². The van der Waals surface area contributed by atoms with Crippen molar-refractivity contribution in [3.05, 3.63) is 0 Å². The molecule has 0 saturated carbocycles. The van der Waals surface area contributed by atoms with Crippen molar-refractivity contribution in [3.8, 4) is 0 Å². The number of hydrogen-bond acceptors (Lipinski definition) is 4. The lowest BCUT2D eigenvalue weighted by atomic mass is 10.9. The third-order valence-electron chi connectivity index (χ3n) is 0.627. The number of carbonyl (C=O) groups excluding carboxylic acids is 2. The molecule has 0 aromatic heterocycles. The van der Waals surface area contributed by atoms with Crippen molar-refractivity contribution in [1.29, 1.82) is 0 Å². The van der Waals surface area contributed by atoms with Crippen LogP contribution in [0.4, 0.5) is 0 Å². The van der Waals surface area contributed by atoms with Crippen LogP contribution in [0.5, 0.6) is 0 Å². The zero-order valence-electron chi connectivity index (χ0n) is 5.34. The van der Waals surface area contributed by atoms with Gasteiger partial charge in [-0.3, -0.25) is 9.59 Å². The van der Waals surface area contributed by atoms with E-state index in [1.807, 2.05) is 6.92 Å². The second-order valence-corrected chi connectivity index (χ2v) is 3.23. The topological polar surface area (TPSA) is 34.1 Å². The molecule has 0 fully saturated rings. The summed E-state index contributed by atoms with van der Waals surface area (Å²) in [6, 6.07) is 0. The monoisotopic (exact) mass is 164 g/mol. The summed E-state index contributed by atoms with van der Waals surface area (Å²) in [7, 11) is 0. The SMILES string of the molecule is CCSC(=O)C(=O)SC. The second-order valence-electron chi connectivity index (χ2n) is 1.21. The highest BCUT2D eigenvalue weighted by molar-refractivity contribution is 8.24. The van der Waals surface area contributed by atoms with Crippen molar-refractivity contribution in [2.24, 2.45) is 0 Å². The molecular formula is C5H8O2S2. The van der Waals surface area contributed by atoms with Crippen molar-refractivity contribution in [2.45, 2.75) is 6.92 Å². The van der Waals surface area contributed by atoms with Gasteiger partial charge in [0.25, 0.3) is 10.2 Å². The van der Waals surface area contributed by atoms with Crippen LogP contribution in [-0.2, 0) is 9.59 Å². The standard InChI is InChI=1S/C5H8O2S2/c1-3-9-5(7)4(6)8-2/h3H2,1-2H3. The van der Waals surface area contributed by atoms with Crippen LogP contribution in [0.2, 0.25) is 0 Å². The lowest BCUT2D eigenvalue weighted by molar-refractivity contribution is -0.126. The minimum Gasteiger partial charge on any atom is -0.277 e. The normalized spacial score (nSPS) is 9.11. The van der Waals surface area contributed by atoms with E-state index in [0.717, 1.165) is 23.5 Å². The van der Waals surface area contributed by atoms with Gasteiger partial charge in [-0.1, -0.05) is 30.4 Å². The Morgan fingerprint density at radius 1 is 1.33 bits per heavy atom. The molecule has 2 nitrogen and oxygen atoms in total. The van der Waals surface area contributed by atoms with Crippen LogP contribution in [0, 0.1) is 0 Å². The fraction of sp³-hybridized carbons (Fsp3) is 0.600. The van der Waals surface area contributed by atoms with E-state index < -0.39 is 0 Å². The summed E-state index contributed by atoms with van der Waals surface area (Å²) in [5, 5.41) is -0.702. The summed E-state index contributed by atoms with van der Waals surface area (Å²) in [4.78, 5) is 21.1. The van der Waals surface area contributed by atoms with Gasteiger partial charge in [0.2, 0.25) is 0 Å². The molecule has 0 rings (SSSR count). The van der Waals surface area contributed by atoms with Gasteiger partial charge in [0.1, 0.15) is 0 Å². The highest BCUT2D eigenvalue weighted by Crippen LogP contribution is 2.07. The predicted molar refractivity (Wildman–Crippen MR) is 41.7 cm³/mol. The Balaban J connectivity index is 3.60. The highest BCUT2D eigenvalue weighted by atomic mass is 32.2. The maximum Gasteiger partial charge on any atom is 0.266 e. The molecule has 0 aromatic carbocycles. The zero-order chi connectivity index (χ0) is 7.28. The first-order chi connectivity index (χ1) is 4.22. The molecule has 52 valence electrons. The minimum absolute atomic E-state index is 0.343. The van der Waals surface area contributed by atoms with Crippen molar-refractivity contribution in [2.75, 3.05) is 12.0 Å². The Morgan fingerprint density at radius 2 is 1.89 bits per heavy atom. The van der Waals surface area contributed by atoms with Crippen molar-refractivity contribution >= 4 is 33.8 Å². The Labute approximate surface area is 62.8 Å². The molecule has 0 atom stereocenters. The predicted octanol–water partition coefficient (Wildman–Crippen LogP) is 1.16. The van der Waals surface area contributed by atoms with Gasteiger partial charge in [-0.15, -0.1) is 0 Å². The molecule has 0 aliphatic heterocycles.